The summed E-state index contributed by atoms with van der Waals surface area (Å²) in [6.45, 7) is 3.61. The molecule has 0 radical (unpaired) electrons. The molecule has 28 heavy (non-hydrogen) atoms. The molecule has 1 N–H and O–H groups in total. The first-order valence-corrected chi connectivity index (χ1v) is 9.64. The highest BCUT2D eigenvalue weighted by molar-refractivity contribution is 5.79. The highest BCUT2D eigenvalue weighted by atomic mass is 19.1. The Hall–Kier alpha value is -2.76. The van der Waals surface area contributed by atoms with E-state index >= 15 is 0 Å². The van der Waals surface area contributed by atoms with E-state index in [1.54, 1.807) is 14.2 Å². The molecule has 5 nitrogen and oxygen atoms in total. The summed E-state index contributed by atoms with van der Waals surface area (Å²) in [5.74, 6) is 2.09. The molecule has 150 valence electrons. The average molecular weight is 384 g/mol. The average Bonchev–Trinajstić information content (AvgIpc) is 3.19. The molecule has 6 heteroatoms. The number of nitrogens with zero attached hydrogens (tertiary/aromatic N) is 3. The standard InChI is InChI=1S/C22H29FN4O/c1-24-22(26(2)15-17-7-9-19(23)10-8-17)25-14-18-11-12-27(16-18)20-5-4-6-21(13-20)28-3/h4-10,13,18H,11-12,14-16H2,1-3H3,(H,24,25). The van der Waals surface area contributed by atoms with E-state index in [0.29, 0.717) is 12.5 Å². The lowest BCUT2D eigenvalue weighted by atomic mass is 10.1. The number of halogens is 1. The first-order valence-electron chi connectivity index (χ1n) is 9.64. The molecule has 1 unspecified atom stereocenters. The van der Waals surface area contributed by atoms with Crippen LogP contribution >= 0.6 is 0 Å². The van der Waals surface area contributed by atoms with Crippen molar-refractivity contribution in [1.82, 2.24) is 10.2 Å². The highest BCUT2D eigenvalue weighted by Gasteiger charge is 2.23. The van der Waals surface area contributed by atoms with E-state index in [0.717, 1.165) is 43.3 Å². The maximum atomic E-state index is 13.1. The van der Waals surface area contributed by atoms with Crippen molar-refractivity contribution in [3.8, 4) is 5.75 Å². The summed E-state index contributed by atoms with van der Waals surface area (Å²) in [5, 5.41) is 3.49. The van der Waals surface area contributed by atoms with Crippen molar-refractivity contribution in [1.29, 1.82) is 0 Å². The molecule has 2 aromatic carbocycles. The Morgan fingerprint density at radius 2 is 2.07 bits per heavy atom. The summed E-state index contributed by atoms with van der Waals surface area (Å²) in [6.07, 6.45) is 1.14. The number of anilines is 1. The predicted octanol–water partition coefficient (Wildman–Crippen LogP) is 3.37. The van der Waals surface area contributed by atoms with E-state index in [9.17, 15) is 4.39 Å². The van der Waals surface area contributed by atoms with Crippen LogP contribution in [0.5, 0.6) is 5.75 Å². The zero-order chi connectivity index (χ0) is 19.9. The molecule has 2 aromatic rings. The van der Waals surface area contributed by atoms with Crippen molar-refractivity contribution in [3.05, 3.63) is 59.9 Å². The number of nitrogens with one attached hydrogen (secondary N) is 1. The minimum absolute atomic E-state index is 0.212. The first kappa shape index (κ1) is 20.0. The molecule has 1 aliphatic heterocycles. The molecule has 1 fully saturated rings. The molecule has 0 aromatic heterocycles. The van der Waals surface area contributed by atoms with Crippen LogP contribution in [0.4, 0.5) is 10.1 Å². The number of guanidine groups is 1. The Bertz CT molecular complexity index is 793. The van der Waals surface area contributed by atoms with Gasteiger partial charge in [-0.1, -0.05) is 18.2 Å². The smallest absolute Gasteiger partial charge is 0.193 e. The van der Waals surface area contributed by atoms with Gasteiger partial charge in [0.2, 0.25) is 0 Å². The Morgan fingerprint density at radius 3 is 2.79 bits per heavy atom. The van der Waals surface area contributed by atoms with E-state index in [-0.39, 0.29) is 5.82 Å². The molecule has 0 amide bonds. The van der Waals surface area contributed by atoms with Crippen LogP contribution in [-0.4, -0.2) is 51.7 Å². The third-order valence-corrected chi connectivity index (χ3v) is 5.16. The Balaban J connectivity index is 1.50. The molecule has 0 aliphatic carbocycles. The van der Waals surface area contributed by atoms with E-state index in [4.69, 9.17) is 4.74 Å². The SMILES string of the molecule is CN=C(NCC1CCN(c2cccc(OC)c2)C1)N(C)Cc1ccc(F)cc1. The topological polar surface area (TPSA) is 40.1 Å². The lowest BCUT2D eigenvalue weighted by Crippen LogP contribution is -2.41. The van der Waals surface area contributed by atoms with Crippen LogP contribution in [0.25, 0.3) is 0 Å². The summed E-state index contributed by atoms with van der Waals surface area (Å²) in [6, 6.07) is 14.8. The van der Waals surface area contributed by atoms with Gasteiger partial charge in [0, 0.05) is 52.0 Å². The van der Waals surface area contributed by atoms with Crippen molar-refractivity contribution in [2.75, 3.05) is 45.7 Å². The molecule has 0 saturated carbocycles. The third kappa shape index (κ3) is 5.15. The maximum Gasteiger partial charge on any atom is 0.193 e. The minimum Gasteiger partial charge on any atom is -0.497 e. The van der Waals surface area contributed by atoms with Crippen LogP contribution in [0.3, 0.4) is 0 Å². The summed E-state index contributed by atoms with van der Waals surface area (Å²) < 4.78 is 18.4. The van der Waals surface area contributed by atoms with Crippen LogP contribution in [0.2, 0.25) is 0 Å². The van der Waals surface area contributed by atoms with E-state index in [1.165, 1.54) is 17.8 Å². The van der Waals surface area contributed by atoms with Gasteiger partial charge in [0.05, 0.1) is 7.11 Å². The summed E-state index contributed by atoms with van der Waals surface area (Å²) in [7, 11) is 5.49. The Kier molecular flexibility index (Phi) is 6.74. The molecule has 0 bridgehead atoms. The van der Waals surface area contributed by atoms with Crippen LogP contribution in [-0.2, 0) is 6.54 Å². The van der Waals surface area contributed by atoms with Crippen molar-refractivity contribution in [3.63, 3.8) is 0 Å². The van der Waals surface area contributed by atoms with Crippen LogP contribution in [0.1, 0.15) is 12.0 Å². The van der Waals surface area contributed by atoms with E-state index in [1.807, 2.05) is 31.3 Å². The lowest BCUT2D eigenvalue weighted by molar-refractivity contribution is 0.415. The zero-order valence-electron chi connectivity index (χ0n) is 16.9. The predicted molar refractivity (Wildman–Crippen MR) is 113 cm³/mol. The zero-order valence-corrected chi connectivity index (χ0v) is 16.9. The normalized spacial score (nSPS) is 16.9. The quantitative estimate of drug-likeness (QED) is 0.612. The van der Waals surface area contributed by atoms with E-state index in [2.05, 4.69) is 32.2 Å². The third-order valence-electron chi connectivity index (χ3n) is 5.16. The van der Waals surface area contributed by atoms with E-state index < -0.39 is 0 Å². The van der Waals surface area contributed by atoms with Gasteiger partial charge < -0.3 is 19.9 Å². The van der Waals surface area contributed by atoms with Gasteiger partial charge in [0.1, 0.15) is 11.6 Å². The summed E-state index contributed by atoms with van der Waals surface area (Å²) >= 11 is 0. The maximum absolute atomic E-state index is 13.1. The van der Waals surface area contributed by atoms with Gasteiger partial charge in [-0.15, -0.1) is 0 Å². The van der Waals surface area contributed by atoms with Crippen LogP contribution in [0.15, 0.2) is 53.5 Å². The van der Waals surface area contributed by atoms with Gasteiger partial charge in [0.25, 0.3) is 0 Å². The Labute approximate surface area is 166 Å². The molecular formula is C22H29FN4O. The number of rotatable bonds is 6. The molecule has 1 atom stereocenters. The van der Waals surface area contributed by atoms with Gasteiger partial charge in [-0.05, 0) is 42.2 Å². The van der Waals surface area contributed by atoms with Crippen LogP contribution < -0.4 is 15.0 Å². The van der Waals surface area contributed by atoms with Gasteiger partial charge in [-0.3, -0.25) is 4.99 Å². The number of benzene rings is 2. The Morgan fingerprint density at radius 1 is 1.29 bits per heavy atom. The lowest BCUT2D eigenvalue weighted by Gasteiger charge is -2.24. The largest absolute Gasteiger partial charge is 0.497 e. The van der Waals surface area contributed by atoms with Gasteiger partial charge in [-0.25, -0.2) is 4.39 Å². The second-order valence-electron chi connectivity index (χ2n) is 7.21. The number of methoxy groups -OCH3 is 1. The fourth-order valence-corrected chi connectivity index (χ4v) is 3.60. The molecular weight excluding hydrogens is 355 g/mol. The second kappa shape index (κ2) is 9.44. The first-order chi connectivity index (χ1) is 13.6. The van der Waals surface area contributed by atoms with Gasteiger partial charge in [0.15, 0.2) is 5.96 Å². The number of hydrogen-bond donors (Lipinski definition) is 1. The van der Waals surface area contributed by atoms with Crippen molar-refractivity contribution in [2.24, 2.45) is 10.9 Å². The van der Waals surface area contributed by atoms with Crippen molar-refractivity contribution in [2.45, 2.75) is 13.0 Å². The minimum atomic E-state index is -0.212. The van der Waals surface area contributed by atoms with Crippen molar-refractivity contribution < 1.29 is 9.13 Å². The summed E-state index contributed by atoms with van der Waals surface area (Å²) in [4.78, 5) is 8.85. The fourth-order valence-electron chi connectivity index (χ4n) is 3.60. The molecule has 3 rings (SSSR count). The number of aliphatic imine (C=N–C) groups is 1. The summed E-state index contributed by atoms with van der Waals surface area (Å²) in [5.41, 5.74) is 2.26. The highest BCUT2D eigenvalue weighted by Crippen LogP contribution is 2.26. The van der Waals surface area contributed by atoms with Gasteiger partial charge >= 0.3 is 0 Å². The van der Waals surface area contributed by atoms with Crippen molar-refractivity contribution >= 4 is 11.6 Å². The van der Waals surface area contributed by atoms with Crippen LogP contribution in [0, 0.1) is 11.7 Å². The van der Waals surface area contributed by atoms with Gasteiger partial charge in [-0.2, -0.15) is 0 Å². The monoisotopic (exact) mass is 384 g/mol. The fraction of sp³-hybridized carbons (Fsp3) is 0.409. The molecule has 1 aliphatic rings. The number of hydrogen-bond acceptors (Lipinski definition) is 3. The second-order valence-corrected chi connectivity index (χ2v) is 7.21. The molecule has 0 spiro atoms. The molecule has 1 heterocycles. The molecule has 1 saturated heterocycles. The number of ether oxygens (including phenoxy) is 1.